The second-order valence-electron chi connectivity index (χ2n) is 7.51. The van der Waals surface area contributed by atoms with E-state index in [-0.39, 0.29) is 17.8 Å². The van der Waals surface area contributed by atoms with Crippen molar-refractivity contribution in [2.45, 2.75) is 25.3 Å². The predicted octanol–water partition coefficient (Wildman–Crippen LogP) is 3.25. The zero-order chi connectivity index (χ0) is 19.8. The molecular weight excluding hydrogens is 353 g/mol. The number of rotatable bonds is 8. The standard InChI is InChI=1S/C23H30FN3O/c1-26-14-16-27(17-15-26)22(20-9-3-2-4-10-20)18-25-23(28)13-7-11-19-8-5-6-12-21(19)24/h2-6,8-10,12,22H,7,11,13-18H2,1H3,(H,25,28). The first kappa shape index (κ1) is 20.5. The summed E-state index contributed by atoms with van der Waals surface area (Å²) < 4.78 is 13.7. The summed E-state index contributed by atoms with van der Waals surface area (Å²) in [5, 5.41) is 3.10. The molecular formula is C23H30FN3O. The molecule has 1 N–H and O–H groups in total. The van der Waals surface area contributed by atoms with Gasteiger partial charge in [-0.15, -0.1) is 0 Å². The Morgan fingerprint density at radius 3 is 2.43 bits per heavy atom. The van der Waals surface area contributed by atoms with E-state index in [1.165, 1.54) is 11.6 Å². The lowest BCUT2D eigenvalue weighted by Crippen LogP contribution is -2.48. The van der Waals surface area contributed by atoms with Gasteiger partial charge in [0.2, 0.25) is 5.91 Å². The SMILES string of the molecule is CN1CCN(C(CNC(=O)CCCc2ccccc2F)c2ccccc2)CC1. The molecule has 1 saturated heterocycles. The van der Waals surface area contributed by atoms with Gasteiger partial charge in [-0.05, 0) is 37.1 Å². The van der Waals surface area contributed by atoms with Crippen LogP contribution in [0.4, 0.5) is 4.39 Å². The number of halogens is 1. The molecule has 3 rings (SSSR count). The van der Waals surface area contributed by atoms with Crippen molar-refractivity contribution in [3.63, 3.8) is 0 Å². The largest absolute Gasteiger partial charge is 0.354 e. The van der Waals surface area contributed by atoms with Gasteiger partial charge in [-0.1, -0.05) is 48.5 Å². The van der Waals surface area contributed by atoms with E-state index in [1.54, 1.807) is 12.1 Å². The van der Waals surface area contributed by atoms with Gasteiger partial charge in [-0.2, -0.15) is 0 Å². The van der Waals surface area contributed by atoms with Crippen LogP contribution in [-0.2, 0) is 11.2 Å². The van der Waals surface area contributed by atoms with Crippen molar-refractivity contribution >= 4 is 5.91 Å². The summed E-state index contributed by atoms with van der Waals surface area (Å²) in [5.41, 5.74) is 1.91. The molecule has 1 amide bonds. The maximum Gasteiger partial charge on any atom is 0.220 e. The van der Waals surface area contributed by atoms with E-state index in [4.69, 9.17) is 0 Å². The number of piperazine rings is 1. The smallest absolute Gasteiger partial charge is 0.220 e. The van der Waals surface area contributed by atoms with Gasteiger partial charge in [-0.25, -0.2) is 4.39 Å². The number of nitrogens with zero attached hydrogens (tertiary/aromatic N) is 2. The van der Waals surface area contributed by atoms with Crippen molar-refractivity contribution in [1.82, 2.24) is 15.1 Å². The summed E-state index contributed by atoms with van der Waals surface area (Å²) in [6.07, 6.45) is 1.65. The number of likely N-dealkylation sites (N-methyl/N-ethyl adjacent to an activating group) is 1. The zero-order valence-electron chi connectivity index (χ0n) is 16.6. The number of aryl methyl sites for hydroxylation is 1. The Morgan fingerprint density at radius 1 is 1.04 bits per heavy atom. The fourth-order valence-corrected chi connectivity index (χ4v) is 3.71. The van der Waals surface area contributed by atoms with Crippen molar-refractivity contribution in [3.8, 4) is 0 Å². The molecule has 2 aromatic rings. The third-order valence-corrected chi connectivity index (χ3v) is 5.46. The lowest BCUT2D eigenvalue weighted by atomic mass is 10.0. The number of carbonyl (C=O) groups is 1. The maximum atomic E-state index is 13.7. The lowest BCUT2D eigenvalue weighted by molar-refractivity contribution is -0.121. The van der Waals surface area contributed by atoms with Crippen LogP contribution in [0.15, 0.2) is 54.6 Å². The Labute approximate surface area is 167 Å². The number of hydrogen-bond donors (Lipinski definition) is 1. The Hall–Kier alpha value is -2.24. The third-order valence-electron chi connectivity index (χ3n) is 5.46. The number of benzene rings is 2. The minimum absolute atomic E-state index is 0.0337. The Balaban J connectivity index is 1.51. The molecule has 1 fully saturated rings. The Kier molecular flexibility index (Phi) is 7.57. The van der Waals surface area contributed by atoms with Gasteiger partial charge in [-0.3, -0.25) is 9.69 Å². The highest BCUT2D eigenvalue weighted by Gasteiger charge is 2.24. The number of nitrogens with one attached hydrogen (secondary N) is 1. The highest BCUT2D eigenvalue weighted by molar-refractivity contribution is 5.75. The van der Waals surface area contributed by atoms with E-state index in [0.717, 1.165) is 26.2 Å². The van der Waals surface area contributed by atoms with Gasteiger partial charge in [0, 0.05) is 39.1 Å². The molecule has 5 heteroatoms. The zero-order valence-corrected chi connectivity index (χ0v) is 16.6. The molecule has 0 spiro atoms. The summed E-state index contributed by atoms with van der Waals surface area (Å²) >= 11 is 0. The number of hydrogen-bond acceptors (Lipinski definition) is 3. The predicted molar refractivity (Wildman–Crippen MR) is 111 cm³/mol. The molecule has 2 aromatic carbocycles. The van der Waals surface area contributed by atoms with Crippen LogP contribution in [0.2, 0.25) is 0 Å². The van der Waals surface area contributed by atoms with E-state index in [9.17, 15) is 9.18 Å². The van der Waals surface area contributed by atoms with Crippen LogP contribution in [0, 0.1) is 5.82 Å². The molecule has 0 saturated carbocycles. The molecule has 0 radical (unpaired) electrons. The van der Waals surface area contributed by atoms with Crippen LogP contribution < -0.4 is 5.32 Å². The average molecular weight is 384 g/mol. The van der Waals surface area contributed by atoms with Crippen molar-refractivity contribution < 1.29 is 9.18 Å². The molecule has 1 atom stereocenters. The highest BCUT2D eigenvalue weighted by Crippen LogP contribution is 2.21. The van der Waals surface area contributed by atoms with E-state index < -0.39 is 0 Å². The van der Waals surface area contributed by atoms with Crippen molar-refractivity contribution in [2.75, 3.05) is 39.8 Å². The topological polar surface area (TPSA) is 35.6 Å². The van der Waals surface area contributed by atoms with Crippen molar-refractivity contribution in [3.05, 3.63) is 71.5 Å². The quantitative estimate of drug-likeness (QED) is 0.760. The van der Waals surface area contributed by atoms with E-state index in [2.05, 4.69) is 46.4 Å². The second-order valence-corrected chi connectivity index (χ2v) is 7.51. The van der Waals surface area contributed by atoms with E-state index in [1.807, 2.05) is 12.1 Å². The van der Waals surface area contributed by atoms with Gasteiger partial charge in [0.25, 0.3) is 0 Å². The minimum Gasteiger partial charge on any atom is -0.354 e. The first-order valence-corrected chi connectivity index (χ1v) is 10.1. The maximum absolute atomic E-state index is 13.7. The van der Waals surface area contributed by atoms with Gasteiger partial charge in [0.1, 0.15) is 5.82 Å². The van der Waals surface area contributed by atoms with Crippen LogP contribution in [0.5, 0.6) is 0 Å². The fourth-order valence-electron chi connectivity index (χ4n) is 3.71. The summed E-state index contributed by atoms with van der Waals surface area (Å²) in [7, 11) is 2.15. The van der Waals surface area contributed by atoms with Gasteiger partial charge < -0.3 is 10.2 Å². The minimum atomic E-state index is -0.192. The summed E-state index contributed by atoms with van der Waals surface area (Å²) in [4.78, 5) is 17.1. The van der Waals surface area contributed by atoms with Gasteiger partial charge in [0.05, 0.1) is 6.04 Å². The van der Waals surface area contributed by atoms with Crippen LogP contribution >= 0.6 is 0 Å². The molecule has 0 aliphatic carbocycles. The van der Waals surface area contributed by atoms with E-state index in [0.29, 0.717) is 31.4 Å². The van der Waals surface area contributed by atoms with Crippen molar-refractivity contribution in [1.29, 1.82) is 0 Å². The van der Waals surface area contributed by atoms with Gasteiger partial charge >= 0.3 is 0 Å². The molecule has 28 heavy (non-hydrogen) atoms. The molecule has 1 heterocycles. The van der Waals surface area contributed by atoms with Crippen LogP contribution in [0.3, 0.4) is 0 Å². The summed E-state index contributed by atoms with van der Waals surface area (Å²) in [6.45, 7) is 4.69. The fraction of sp³-hybridized carbons (Fsp3) is 0.435. The normalized spacial score (nSPS) is 16.6. The van der Waals surface area contributed by atoms with Gasteiger partial charge in [0.15, 0.2) is 0 Å². The monoisotopic (exact) mass is 383 g/mol. The molecule has 150 valence electrons. The molecule has 0 aromatic heterocycles. The summed E-state index contributed by atoms with van der Waals surface area (Å²) in [5.74, 6) is -0.159. The molecule has 4 nitrogen and oxygen atoms in total. The van der Waals surface area contributed by atoms with E-state index >= 15 is 0 Å². The van der Waals surface area contributed by atoms with Crippen LogP contribution in [-0.4, -0.2) is 55.5 Å². The summed E-state index contributed by atoms with van der Waals surface area (Å²) in [6, 6.07) is 17.3. The highest BCUT2D eigenvalue weighted by atomic mass is 19.1. The first-order chi connectivity index (χ1) is 13.6. The third kappa shape index (κ3) is 5.88. The van der Waals surface area contributed by atoms with Crippen LogP contribution in [0.1, 0.15) is 30.0 Å². The van der Waals surface area contributed by atoms with Crippen molar-refractivity contribution in [2.24, 2.45) is 0 Å². The average Bonchev–Trinajstić information content (AvgIpc) is 2.72. The first-order valence-electron chi connectivity index (χ1n) is 10.1. The van der Waals surface area contributed by atoms with Crippen LogP contribution in [0.25, 0.3) is 0 Å². The molecule has 1 unspecified atom stereocenters. The Bertz CT molecular complexity index is 745. The number of amides is 1. The lowest BCUT2D eigenvalue weighted by Gasteiger charge is -2.38. The molecule has 1 aliphatic heterocycles. The number of carbonyl (C=O) groups excluding carboxylic acids is 1. The molecule has 0 bridgehead atoms. The second kappa shape index (κ2) is 10.3. The molecule has 1 aliphatic rings. The Morgan fingerprint density at radius 2 is 1.71 bits per heavy atom.